The number of pyridine rings is 1. The Morgan fingerprint density at radius 2 is 1.70 bits per heavy atom. The zero-order chi connectivity index (χ0) is 18.8. The molecule has 5 nitrogen and oxygen atoms in total. The van der Waals surface area contributed by atoms with Crippen LogP contribution >= 0.6 is 0 Å². The lowest BCUT2D eigenvalue weighted by molar-refractivity contribution is 0.102. The molecular formula is C22H24N4O. The number of amides is 1. The predicted molar refractivity (Wildman–Crippen MR) is 111 cm³/mol. The third-order valence-electron chi connectivity index (χ3n) is 5.09. The fraction of sp³-hybridized carbons (Fsp3) is 0.273. The van der Waals surface area contributed by atoms with Crippen LogP contribution in [0.3, 0.4) is 0 Å². The molecule has 1 amide bonds. The average Bonchev–Trinajstić information content (AvgIpc) is 2.68. The highest BCUT2D eigenvalue weighted by Gasteiger charge is 2.19. The van der Waals surface area contributed by atoms with Crippen LogP contribution in [0.5, 0.6) is 0 Å². The number of nitrogens with one attached hydrogen (secondary N) is 1. The van der Waals surface area contributed by atoms with Gasteiger partial charge in [0.1, 0.15) is 0 Å². The van der Waals surface area contributed by atoms with Crippen LogP contribution in [0, 0.1) is 6.92 Å². The van der Waals surface area contributed by atoms with E-state index in [9.17, 15) is 4.79 Å². The van der Waals surface area contributed by atoms with Crippen LogP contribution in [0.4, 0.5) is 11.4 Å². The number of piperazine rings is 1. The standard InChI is InChI=1S/C22H24N4O/c1-16-15-18(17-7-3-4-8-19(17)23-16)22(27)24-20-9-5-6-10-21(20)26-13-11-25(2)12-14-26/h3-10,15H,11-14H2,1-2H3,(H,24,27). The number of carbonyl (C=O) groups is 1. The summed E-state index contributed by atoms with van der Waals surface area (Å²) in [7, 11) is 2.14. The Labute approximate surface area is 159 Å². The zero-order valence-corrected chi connectivity index (χ0v) is 15.8. The van der Waals surface area contributed by atoms with Gasteiger partial charge in [0.15, 0.2) is 0 Å². The minimum absolute atomic E-state index is 0.0988. The van der Waals surface area contributed by atoms with Crippen molar-refractivity contribution in [3.05, 3.63) is 65.9 Å². The van der Waals surface area contributed by atoms with Crippen molar-refractivity contribution in [1.82, 2.24) is 9.88 Å². The number of nitrogens with zero attached hydrogens (tertiary/aromatic N) is 3. The molecule has 138 valence electrons. The smallest absolute Gasteiger partial charge is 0.256 e. The lowest BCUT2D eigenvalue weighted by atomic mass is 10.1. The summed E-state index contributed by atoms with van der Waals surface area (Å²) in [6, 6.07) is 17.7. The maximum Gasteiger partial charge on any atom is 0.256 e. The van der Waals surface area contributed by atoms with E-state index in [0.29, 0.717) is 5.56 Å². The molecule has 2 heterocycles. The highest BCUT2D eigenvalue weighted by atomic mass is 16.1. The van der Waals surface area contributed by atoms with Crippen LogP contribution in [0.25, 0.3) is 10.9 Å². The van der Waals surface area contributed by atoms with E-state index in [1.807, 2.05) is 55.5 Å². The Kier molecular flexibility index (Phi) is 4.77. The average molecular weight is 360 g/mol. The molecule has 0 radical (unpaired) electrons. The van der Waals surface area contributed by atoms with Crippen LogP contribution in [0.15, 0.2) is 54.6 Å². The van der Waals surface area contributed by atoms with Gasteiger partial charge in [0.2, 0.25) is 0 Å². The molecule has 27 heavy (non-hydrogen) atoms. The minimum atomic E-state index is -0.0988. The highest BCUT2D eigenvalue weighted by Crippen LogP contribution is 2.28. The van der Waals surface area contributed by atoms with E-state index in [2.05, 4.69) is 33.2 Å². The van der Waals surface area contributed by atoms with Crippen molar-refractivity contribution in [3.8, 4) is 0 Å². The number of carbonyl (C=O) groups excluding carboxylic acids is 1. The molecule has 1 N–H and O–H groups in total. The summed E-state index contributed by atoms with van der Waals surface area (Å²) in [5.74, 6) is -0.0988. The Hall–Kier alpha value is -2.92. The van der Waals surface area contributed by atoms with Crippen molar-refractivity contribution >= 4 is 28.2 Å². The van der Waals surface area contributed by atoms with Gasteiger partial charge in [-0.15, -0.1) is 0 Å². The zero-order valence-electron chi connectivity index (χ0n) is 15.8. The number of aryl methyl sites for hydroxylation is 1. The molecule has 1 aromatic heterocycles. The maximum atomic E-state index is 13.1. The van der Waals surface area contributed by atoms with E-state index in [1.165, 1.54) is 0 Å². The van der Waals surface area contributed by atoms with Gasteiger partial charge in [-0.3, -0.25) is 9.78 Å². The van der Waals surface area contributed by atoms with Crippen molar-refractivity contribution in [2.24, 2.45) is 0 Å². The topological polar surface area (TPSA) is 48.5 Å². The van der Waals surface area contributed by atoms with Gasteiger partial charge >= 0.3 is 0 Å². The first kappa shape index (κ1) is 17.5. The van der Waals surface area contributed by atoms with Crippen LogP contribution in [0.2, 0.25) is 0 Å². The fourth-order valence-corrected chi connectivity index (χ4v) is 3.59. The first-order chi connectivity index (χ1) is 13.1. The first-order valence-corrected chi connectivity index (χ1v) is 9.32. The molecule has 0 spiro atoms. The third-order valence-corrected chi connectivity index (χ3v) is 5.09. The van der Waals surface area contributed by atoms with E-state index < -0.39 is 0 Å². The van der Waals surface area contributed by atoms with Crippen molar-refractivity contribution in [2.75, 3.05) is 43.4 Å². The molecule has 0 bridgehead atoms. The summed E-state index contributed by atoms with van der Waals surface area (Å²) in [5.41, 5.74) is 4.27. The van der Waals surface area contributed by atoms with Gasteiger partial charge in [-0.05, 0) is 38.2 Å². The molecule has 1 aliphatic heterocycles. The van der Waals surface area contributed by atoms with Crippen LogP contribution in [-0.2, 0) is 0 Å². The Morgan fingerprint density at radius 3 is 2.52 bits per heavy atom. The largest absolute Gasteiger partial charge is 0.367 e. The molecule has 1 fully saturated rings. The lowest BCUT2D eigenvalue weighted by Crippen LogP contribution is -2.44. The number of benzene rings is 2. The molecule has 3 aromatic rings. The first-order valence-electron chi connectivity index (χ1n) is 9.32. The summed E-state index contributed by atoms with van der Waals surface area (Å²) >= 11 is 0. The minimum Gasteiger partial charge on any atom is -0.367 e. The van der Waals surface area contributed by atoms with Crippen molar-refractivity contribution in [1.29, 1.82) is 0 Å². The number of fused-ring (bicyclic) bond motifs is 1. The summed E-state index contributed by atoms with van der Waals surface area (Å²) in [6.07, 6.45) is 0. The third kappa shape index (κ3) is 3.64. The van der Waals surface area contributed by atoms with Crippen molar-refractivity contribution in [3.63, 3.8) is 0 Å². The van der Waals surface area contributed by atoms with E-state index in [-0.39, 0.29) is 5.91 Å². The second kappa shape index (κ2) is 7.37. The number of likely N-dealkylation sites (N-methyl/N-ethyl adjacent to an activating group) is 1. The van der Waals surface area contributed by atoms with E-state index in [0.717, 1.165) is 54.2 Å². The molecule has 0 unspecified atom stereocenters. The second-order valence-corrected chi connectivity index (χ2v) is 7.09. The quantitative estimate of drug-likeness (QED) is 0.776. The fourth-order valence-electron chi connectivity index (χ4n) is 3.59. The van der Waals surface area contributed by atoms with Crippen LogP contribution in [-0.4, -0.2) is 49.0 Å². The molecule has 0 saturated carbocycles. The SMILES string of the molecule is Cc1cc(C(=O)Nc2ccccc2N2CCN(C)CC2)c2ccccc2n1. The predicted octanol–water partition coefficient (Wildman–Crippen LogP) is 3.55. The van der Waals surface area contributed by atoms with Crippen molar-refractivity contribution < 1.29 is 4.79 Å². The Bertz CT molecular complexity index is 977. The molecule has 1 saturated heterocycles. The molecule has 0 atom stereocenters. The van der Waals surface area contributed by atoms with Gasteiger partial charge in [0.05, 0.1) is 22.5 Å². The number of hydrogen-bond acceptors (Lipinski definition) is 4. The Balaban J connectivity index is 1.65. The summed E-state index contributed by atoms with van der Waals surface area (Å²) in [6.45, 7) is 5.88. The van der Waals surface area contributed by atoms with E-state index in [1.54, 1.807) is 0 Å². The van der Waals surface area contributed by atoms with Gasteiger partial charge in [-0.25, -0.2) is 0 Å². The van der Waals surface area contributed by atoms with Crippen LogP contribution in [0.1, 0.15) is 16.1 Å². The van der Waals surface area contributed by atoms with Gasteiger partial charge < -0.3 is 15.1 Å². The molecule has 4 rings (SSSR count). The van der Waals surface area contributed by atoms with E-state index in [4.69, 9.17) is 0 Å². The molecule has 5 heteroatoms. The number of hydrogen-bond donors (Lipinski definition) is 1. The van der Waals surface area contributed by atoms with Gasteiger partial charge in [-0.2, -0.15) is 0 Å². The number of rotatable bonds is 3. The summed E-state index contributed by atoms with van der Waals surface area (Å²) in [4.78, 5) is 22.3. The maximum absolute atomic E-state index is 13.1. The van der Waals surface area contributed by atoms with Crippen molar-refractivity contribution in [2.45, 2.75) is 6.92 Å². The summed E-state index contributed by atoms with van der Waals surface area (Å²) < 4.78 is 0. The molecular weight excluding hydrogens is 336 g/mol. The molecule has 0 aliphatic carbocycles. The van der Waals surface area contributed by atoms with Gasteiger partial charge in [-0.1, -0.05) is 30.3 Å². The normalized spacial score (nSPS) is 15.1. The van der Waals surface area contributed by atoms with E-state index >= 15 is 0 Å². The van der Waals surface area contributed by atoms with Crippen LogP contribution < -0.4 is 10.2 Å². The monoisotopic (exact) mass is 360 g/mol. The second-order valence-electron chi connectivity index (χ2n) is 7.09. The summed E-state index contributed by atoms with van der Waals surface area (Å²) in [5, 5.41) is 4.01. The van der Waals surface area contributed by atoms with Gasteiger partial charge in [0.25, 0.3) is 5.91 Å². The molecule has 2 aromatic carbocycles. The lowest BCUT2D eigenvalue weighted by Gasteiger charge is -2.35. The number of anilines is 2. The Morgan fingerprint density at radius 1 is 1.00 bits per heavy atom. The highest BCUT2D eigenvalue weighted by molar-refractivity contribution is 6.13. The number of aromatic nitrogens is 1. The van der Waals surface area contributed by atoms with Gasteiger partial charge in [0, 0.05) is 37.3 Å². The number of para-hydroxylation sites is 3. The molecule has 1 aliphatic rings.